The Labute approximate surface area is 158 Å². The van der Waals surface area contributed by atoms with Gasteiger partial charge in [-0.1, -0.05) is 29.3 Å². The molecule has 0 unspecified atom stereocenters. The highest BCUT2D eigenvalue weighted by molar-refractivity contribution is 7.12. The van der Waals surface area contributed by atoms with Crippen LogP contribution >= 0.6 is 34.5 Å². The van der Waals surface area contributed by atoms with E-state index >= 15 is 0 Å². The summed E-state index contributed by atoms with van der Waals surface area (Å²) in [6.07, 6.45) is 0. The summed E-state index contributed by atoms with van der Waals surface area (Å²) in [5.41, 5.74) is 1.58. The predicted molar refractivity (Wildman–Crippen MR) is 102 cm³/mol. The first-order chi connectivity index (χ1) is 12.0. The third kappa shape index (κ3) is 3.87. The highest BCUT2D eigenvalue weighted by Crippen LogP contribution is 2.26. The van der Waals surface area contributed by atoms with Gasteiger partial charge in [0.25, 0.3) is 11.8 Å². The summed E-state index contributed by atoms with van der Waals surface area (Å²) in [6, 6.07) is 11.9. The number of nitrogens with one attached hydrogen (secondary N) is 2. The molecule has 0 radical (unpaired) electrons. The van der Waals surface area contributed by atoms with E-state index in [1.807, 2.05) is 11.4 Å². The number of hydrogen-bond donors (Lipinski definition) is 2. The van der Waals surface area contributed by atoms with Gasteiger partial charge in [0, 0.05) is 18.4 Å². The highest BCUT2D eigenvalue weighted by Gasteiger charge is 2.16. The molecule has 2 N–H and O–H groups in total. The van der Waals surface area contributed by atoms with E-state index in [2.05, 4.69) is 10.6 Å². The van der Waals surface area contributed by atoms with Crippen LogP contribution in [0.5, 0.6) is 0 Å². The second kappa shape index (κ2) is 7.31. The molecule has 0 aliphatic heterocycles. The fraction of sp³-hybridized carbons (Fsp3) is 0.0588. The minimum absolute atomic E-state index is 0.167. The number of amides is 2. The molecule has 1 aromatic carbocycles. The number of anilines is 2. The maximum Gasteiger partial charge on any atom is 0.272 e. The number of nitrogens with zero attached hydrogens (tertiary/aromatic N) is 1. The number of carbonyl (C=O) groups is 2. The third-order valence-corrected chi connectivity index (χ3v) is 5.21. The van der Waals surface area contributed by atoms with Gasteiger partial charge in [0.05, 0.1) is 9.90 Å². The molecule has 0 saturated carbocycles. The van der Waals surface area contributed by atoms with Crippen molar-refractivity contribution in [3.8, 4) is 0 Å². The van der Waals surface area contributed by atoms with Crippen molar-refractivity contribution in [1.82, 2.24) is 4.57 Å². The number of benzene rings is 1. The van der Waals surface area contributed by atoms with Crippen LogP contribution < -0.4 is 10.6 Å². The summed E-state index contributed by atoms with van der Waals surface area (Å²) in [7, 11) is 1.66. The zero-order valence-electron chi connectivity index (χ0n) is 13.0. The largest absolute Gasteiger partial charge is 0.329 e. The molecule has 0 bridgehead atoms. The Balaban J connectivity index is 1.67. The minimum Gasteiger partial charge on any atom is -0.329 e. The molecule has 5 nitrogen and oxygen atoms in total. The molecule has 8 heteroatoms. The molecule has 0 aliphatic carbocycles. The van der Waals surface area contributed by atoms with Crippen molar-refractivity contribution in [2.75, 3.05) is 10.6 Å². The minimum atomic E-state index is -0.327. The fourth-order valence-electron chi connectivity index (χ4n) is 2.19. The number of thiophene rings is 1. The second-order valence-corrected chi connectivity index (χ2v) is 6.90. The van der Waals surface area contributed by atoms with Gasteiger partial charge in [-0.15, -0.1) is 11.3 Å². The molecule has 3 aromatic rings. The van der Waals surface area contributed by atoms with Crippen molar-refractivity contribution in [2.24, 2.45) is 7.05 Å². The quantitative estimate of drug-likeness (QED) is 0.661. The van der Waals surface area contributed by atoms with Gasteiger partial charge in [0.1, 0.15) is 10.8 Å². The van der Waals surface area contributed by atoms with Crippen molar-refractivity contribution >= 4 is 57.7 Å². The number of halogens is 2. The topological polar surface area (TPSA) is 63.1 Å². The Morgan fingerprint density at radius 2 is 1.60 bits per heavy atom. The molecule has 2 heterocycles. The Morgan fingerprint density at radius 1 is 1.00 bits per heavy atom. The summed E-state index contributed by atoms with van der Waals surface area (Å²) in [5.74, 6) is -0.494. The Bertz CT molecular complexity index is 918. The van der Waals surface area contributed by atoms with Crippen LogP contribution in [-0.4, -0.2) is 16.4 Å². The average Bonchev–Trinajstić information content (AvgIpc) is 3.22. The van der Waals surface area contributed by atoms with Crippen LogP contribution in [-0.2, 0) is 7.05 Å². The van der Waals surface area contributed by atoms with Crippen molar-refractivity contribution in [3.05, 3.63) is 68.6 Å². The molecule has 0 spiro atoms. The van der Waals surface area contributed by atoms with Gasteiger partial charge in [-0.25, -0.2) is 0 Å². The molecular formula is C17H13Cl2N3O2S. The summed E-state index contributed by atoms with van der Waals surface area (Å²) < 4.78 is 1.51. The van der Waals surface area contributed by atoms with E-state index in [1.165, 1.54) is 22.0 Å². The molecule has 3 rings (SSSR count). The van der Waals surface area contributed by atoms with Gasteiger partial charge >= 0.3 is 0 Å². The van der Waals surface area contributed by atoms with Crippen LogP contribution in [0.1, 0.15) is 20.2 Å². The van der Waals surface area contributed by atoms with Crippen molar-refractivity contribution in [3.63, 3.8) is 0 Å². The summed E-state index contributed by atoms with van der Waals surface area (Å²) in [4.78, 5) is 24.9. The van der Waals surface area contributed by atoms with Crippen LogP contribution in [0, 0.1) is 0 Å². The van der Waals surface area contributed by atoms with Gasteiger partial charge in [-0.2, -0.15) is 0 Å². The van der Waals surface area contributed by atoms with E-state index in [9.17, 15) is 9.59 Å². The summed E-state index contributed by atoms with van der Waals surface area (Å²) in [6.45, 7) is 0. The Morgan fingerprint density at radius 3 is 2.08 bits per heavy atom. The highest BCUT2D eigenvalue weighted by atomic mass is 35.5. The first-order valence-corrected chi connectivity index (χ1v) is 8.86. The lowest BCUT2D eigenvalue weighted by Crippen LogP contribution is -2.15. The van der Waals surface area contributed by atoms with Gasteiger partial charge in [0.2, 0.25) is 0 Å². The Kier molecular flexibility index (Phi) is 5.13. The SMILES string of the molecule is Cn1c(C(=O)Nc2ccc(NC(=O)c3cccs3)cc2)cc(Cl)c1Cl. The number of rotatable bonds is 4. The van der Waals surface area contributed by atoms with Gasteiger partial charge in [-0.3, -0.25) is 9.59 Å². The first kappa shape index (κ1) is 17.5. The molecule has 2 aromatic heterocycles. The number of aromatic nitrogens is 1. The van der Waals surface area contributed by atoms with Crippen LogP contribution in [0.3, 0.4) is 0 Å². The Hall–Kier alpha value is -2.28. The van der Waals surface area contributed by atoms with E-state index in [0.717, 1.165) is 0 Å². The fourth-order valence-corrected chi connectivity index (χ4v) is 3.19. The smallest absolute Gasteiger partial charge is 0.272 e. The number of hydrogen-bond acceptors (Lipinski definition) is 3. The molecule has 0 fully saturated rings. The molecule has 2 amide bonds. The van der Waals surface area contributed by atoms with E-state index < -0.39 is 0 Å². The third-order valence-electron chi connectivity index (χ3n) is 3.49. The lowest BCUT2D eigenvalue weighted by molar-refractivity contribution is 0.101. The predicted octanol–water partition coefficient (Wildman–Crippen LogP) is 4.90. The molecular weight excluding hydrogens is 381 g/mol. The molecule has 0 aliphatic rings. The van der Waals surface area contributed by atoms with Crippen LogP contribution in [0.2, 0.25) is 10.2 Å². The second-order valence-electron chi connectivity index (χ2n) is 5.19. The van der Waals surface area contributed by atoms with Crippen LogP contribution in [0.4, 0.5) is 11.4 Å². The summed E-state index contributed by atoms with van der Waals surface area (Å²) >= 11 is 13.3. The molecule has 25 heavy (non-hydrogen) atoms. The van der Waals surface area contributed by atoms with Crippen LogP contribution in [0.15, 0.2) is 47.8 Å². The maximum atomic E-state index is 12.3. The molecule has 128 valence electrons. The lowest BCUT2D eigenvalue weighted by atomic mass is 10.2. The average molecular weight is 394 g/mol. The van der Waals surface area contributed by atoms with Crippen molar-refractivity contribution < 1.29 is 9.59 Å². The first-order valence-electron chi connectivity index (χ1n) is 7.22. The van der Waals surface area contributed by atoms with E-state index in [1.54, 1.807) is 37.4 Å². The number of carbonyl (C=O) groups excluding carboxylic acids is 2. The zero-order chi connectivity index (χ0) is 18.0. The van der Waals surface area contributed by atoms with Crippen LogP contribution in [0.25, 0.3) is 0 Å². The lowest BCUT2D eigenvalue weighted by Gasteiger charge is -2.08. The van der Waals surface area contributed by atoms with Crippen molar-refractivity contribution in [1.29, 1.82) is 0 Å². The van der Waals surface area contributed by atoms with E-state index in [0.29, 0.717) is 32.1 Å². The summed E-state index contributed by atoms with van der Waals surface area (Å²) in [5, 5.41) is 8.02. The maximum absolute atomic E-state index is 12.3. The van der Waals surface area contributed by atoms with Gasteiger partial charge in [0.15, 0.2) is 0 Å². The molecule has 0 atom stereocenters. The van der Waals surface area contributed by atoms with E-state index in [-0.39, 0.29) is 11.8 Å². The normalized spacial score (nSPS) is 10.5. The van der Waals surface area contributed by atoms with Crippen molar-refractivity contribution in [2.45, 2.75) is 0 Å². The van der Waals surface area contributed by atoms with E-state index in [4.69, 9.17) is 23.2 Å². The molecule has 0 saturated heterocycles. The zero-order valence-corrected chi connectivity index (χ0v) is 15.4. The standard InChI is InChI=1S/C17H13Cl2N3O2S/c1-22-13(9-12(18)15(22)19)16(23)20-10-4-6-11(7-5-10)21-17(24)14-3-2-8-25-14/h2-9H,1H3,(H,20,23)(H,21,24). The van der Waals surface area contributed by atoms with Gasteiger partial charge in [-0.05, 0) is 41.8 Å². The monoisotopic (exact) mass is 393 g/mol. The van der Waals surface area contributed by atoms with Gasteiger partial charge < -0.3 is 15.2 Å².